The minimum Gasteiger partial charge on any atom is -0.496 e. The highest BCUT2D eigenvalue weighted by Gasteiger charge is 2.22. The van der Waals surface area contributed by atoms with Gasteiger partial charge in [-0.1, -0.05) is 25.8 Å². The van der Waals surface area contributed by atoms with E-state index in [-0.39, 0.29) is 12.5 Å². The number of aromatic nitrogens is 1. The fourth-order valence-corrected chi connectivity index (χ4v) is 4.05. The van der Waals surface area contributed by atoms with Gasteiger partial charge in [-0.3, -0.25) is 4.79 Å². The first-order chi connectivity index (χ1) is 14.5. The van der Waals surface area contributed by atoms with Gasteiger partial charge in [-0.2, -0.15) is 0 Å². The van der Waals surface area contributed by atoms with Crippen LogP contribution >= 0.6 is 0 Å². The van der Waals surface area contributed by atoms with Gasteiger partial charge in [-0.05, 0) is 42.9 Å². The number of benzene rings is 1. The summed E-state index contributed by atoms with van der Waals surface area (Å²) < 4.78 is 5.53. The molecule has 1 aliphatic carbocycles. The van der Waals surface area contributed by atoms with E-state index < -0.39 is 0 Å². The number of amides is 1. The molecular weight excluding hydrogens is 378 g/mol. The smallest absolute Gasteiger partial charge is 0.243 e. The van der Waals surface area contributed by atoms with Gasteiger partial charge in [0, 0.05) is 43.8 Å². The molecule has 1 saturated carbocycles. The van der Waals surface area contributed by atoms with E-state index >= 15 is 0 Å². The first-order valence-electron chi connectivity index (χ1n) is 10.9. The number of likely N-dealkylation sites (N-methyl/N-ethyl adjacent to an activating group) is 1. The van der Waals surface area contributed by atoms with Crippen LogP contribution in [0.3, 0.4) is 0 Å². The van der Waals surface area contributed by atoms with E-state index in [9.17, 15) is 4.79 Å². The molecule has 1 amide bonds. The minimum absolute atomic E-state index is 0.00541. The van der Waals surface area contributed by atoms with Crippen LogP contribution in [-0.2, 0) is 11.2 Å². The van der Waals surface area contributed by atoms with Crippen LogP contribution in [-0.4, -0.2) is 62.1 Å². The van der Waals surface area contributed by atoms with Crippen LogP contribution in [0.25, 0.3) is 10.9 Å². The van der Waals surface area contributed by atoms with Gasteiger partial charge in [0.05, 0.1) is 7.11 Å². The minimum atomic E-state index is -0.00541. The number of carbonyl (C=O) groups is 1. The summed E-state index contributed by atoms with van der Waals surface area (Å²) in [5, 5.41) is 8.13. The van der Waals surface area contributed by atoms with Crippen molar-refractivity contribution in [3.63, 3.8) is 0 Å². The third-order valence-corrected chi connectivity index (χ3v) is 5.96. The molecule has 0 aliphatic heterocycles. The van der Waals surface area contributed by atoms with Crippen molar-refractivity contribution in [3.05, 3.63) is 30.0 Å². The second-order valence-electron chi connectivity index (χ2n) is 8.34. The predicted octanol–water partition coefficient (Wildman–Crippen LogP) is 2.92. The average Bonchev–Trinajstić information content (AvgIpc) is 3.16. The fourth-order valence-electron chi connectivity index (χ4n) is 4.05. The van der Waals surface area contributed by atoms with Crippen molar-refractivity contribution in [2.24, 2.45) is 10.9 Å². The topological polar surface area (TPSA) is 81.7 Å². The van der Waals surface area contributed by atoms with Crippen molar-refractivity contribution in [2.75, 3.05) is 34.3 Å². The molecule has 1 heterocycles. The van der Waals surface area contributed by atoms with E-state index in [2.05, 4.69) is 33.6 Å². The SMILES string of the molecule is COc1cccc2[nH]cc(CCNC(=NCC(=O)N(C)C)NC3CCCCC3C)c12. The quantitative estimate of drug-likeness (QED) is 0.482. The van der Waals surface area contributed by atoms with Crippen molar-refractivity contribution < 1.29 is 9.53 Å². The molecule has 30 heavy (non-hydrogen) atoms. The van der Waals surface area contributed by atoms with Gasteiger partial charge in [0.15, 0.2) is 5.96 Å². The largest absolute Gasteiger partial charge is 0.496 e. The molecule has 1 aromatic heterocycles. The first-order valence-corrected chi connectivity index (χ1v) is 10.9. The van der Waals surface area contributed by atoms with E-state index in [1.807, 2.05) is 18.3 Å². The molecule has 0 saturated heterocycles. The van der Waals surface area contributed by atoms with Gasteiger partial charge in [0.25, 0.3) is 0 Å². The maximum absolute atomic E-state index is 12.0. The van der Waals surface area contributed by atoms with Crippen LogP contribution < -0.4 is 15.4 Å². The number of rotatable bonds is 7. The number of carbonyl (C=O) groups excluding carboxylic acids is 1. The monoisotopic (exact) mass is 413 g/mol. The molecule has 1 aromatic carbocycles. The summed E-state index contributed by atoms with van der Waals surface area (Å²) in [6.07, 6.45) is 7.77. The maximum atomic E-state index is 12.0. The molecule has 0 radical (unpaired) electrons. The van der Waals surface area contributed by atoms with Gasteiger partial charge < -0.3 is 25.3 Å². The Labute approximate surface area is 179 Å². The number of methoxy groups -OCH3 is 1. The third-order valence-electron chi connectivity index (χ3n) is 5.96. The van der Waals surface area contributed by atoms with Crippen molar-refractivity contribution in [2.45, 2.75) is 45.1 Å². The van der Waals surface area contributed by atoms with E-state index in [1.165, 1.54) is 24.8 Å². The van der Waals surface area contributed by atoms with Gasteiger partial charge in [-0.15, -0.1) is 0 Å². The van der Waals surface area contributed by atoms with Gasteiger partial charge in [0.2, 0.25) is 5.91 Å². The zero-order valence-corrected chi connectivity index (χ0v) is 18.6. The van der Waals surface area contributed by atoms with Gasteiger partial charge in [-0.25, -0.2) is 4.99 Å². The standard InChI is InChI=1S/C23H35N5O2/c1-16-8-5-6-9-18(16)27-23(26-15-21(29)28(2)3)24-13-12-17-14-25-19-10-7-11-20(30-4)22(17)19/h7,10-11,14,16,18,25H,5-6,8-9,12-13,15H2,1-4H3,(H2,24,26,27). The zero-order valence-electron chi connectivity index (χ0n) is 18.6. The molecule has 7 nitrogen and oxygen atoms in total. The molecule has 7 heteroatoms. The van der Waals surface area contributed by atoms with Crippen LogP contribution in [0.4, 0.5) is 0 Å². The number of guanidine groups is 1. The lowest BCUT2D eigenvalue weighted by Gasteiger charge is -2.31. The Morgan fingerprint density at radius 3 is 2.83 bits per heavy atom. The number of hydrogen-bond donors (Lipinski definition) is 3. The summed E-state index contributed by atoms with van der Waals surface area (Å²) in [6, 6.07) is 6.42. The highest BCUT2D eigenvalue weighted by molar-refractivity contribution is 5.89. The third kappa shape index (κ3) is 5.46. The summed E-state index contributed by atoms with van der Waals surface area (Å²) in [7, 11) is 5.21. The zero-order chi connectivity index (χ0) is 21.5. The Morgan fingerprint density at radius 2 is 2.10 bits per heavy atom. The summed E-state index contributed by atoms with van der Waals surface area (Å²) in [6.45, 7) is 3.15. The number of hydrogen-bond acceptors (Lipinski definition) is 3. The molecule has 1 aliphatic rings. The number of nitrogens with one attached hydrogen (secondary N) is 3. The number of ether oxygens (including phenoxy) is 1. The lowest BCUT2D eigenvalue weighted by Crippen LogP contribution is -2.48. The molecule has 2 unspecified atom stereocenters. The number of H-pyrrole nitrogens is 1. The van der Waals surface area contributed by atoms with Crippen LogP contribution in [0.5, 0.6) is 5.75 Å². The first kappa shape index (κ1) is 22.0. The highest BCUT2D eigenvalue weighted by Crippen LogP contribution is 2.28. The highest BCUT2D eigenvalue weighted by atomic mass is 16.5. The number of aromatic amines is 1. The molecule has 3 rings (SSSR count). The van der Waals surface area contributed by atoms with Crippen molar-refractivity contribution in [1.29, 1.82) is 0 Å². The summed E-state index contributed by atoms with van der Waals surface area (Å²) in [5.41, 5.74) is 2.27. The van der Waals surface area contributed by atoms with E-state index in [0.717, 1.165) is 35.5 Å². The van der Waals surface area contributed by atoms with Crippen molar-refractivity contribution >= 4 is 22.8 Å². The van der Waals surface area contributed by atoms with E-state index in [1.54, 1.807) is 26.1 Å². The van der Waals surface area contributed by atoms with Crippen LogP contribution in [0.1, 0.15) is 38.2 Å². The number of fused-ring (bicyclic) bond motifs is 1. The Hall–Kier alpha value is -2.70. The van der Waals surface area contributed by atoms with Gasteiger partial charge in [0.1, 0.15) is 12.3 Å². The van der Waals surface area contributed by atoms with Crippen molar-refractivity contribution in [1.82, 2.24) is 20.5 Å². The van der Waals surface area contributed by atoms with E-state index in [4.69, 9.17) is 4.74 Å². The summed E-state index contributed by atoms with van der Waals surface area (Å²) >= 11 is 0. The Balaban J connectivity index is 1.67. The number of nitrogens with zero attached hydrogens (tertiary/aromatic N) is 2. The molecule has 3 N–H and O–H groups in total. The fraction of sp³-hybridized carbons (Fsp3) is 0.565. The Kier molecular flexibility index (Phi) is 7.60. The second kappa shape index (κ2) is 10.4. The molecule has 164 valence electrons. The van der Waals surface area contributed by atoms with Crippen molar-refractivity contribution in [3.8, 4) is 5.75 Å². The van der Waals surface area contributed by atoms with Crippen LogP contribution in [0.2, 0.25) is 0 Å². The molecule has 2 atom stereocenters. The predicted molar refractivity (Wildman–Crippen MR) is 122 cm³/mol. The molecule has 1 fully saturated rings. The Bertz CT molecular complexity index is 874. The molecular formula is C23H35N5O2. The average molecular weight is 414 g/mol. The van der Waals surface area contributed by atoms with Gasteiger partial charge >= 0.3 is 0 Å². The lowest BCUT2D eigenvalue weighted by atomic mass is 9.86. The maximum Gasteiger partial charge on any atom is 0.243 e. The Morgan fingerprint density at radius 1 is 1.30 bits per heavy atom. The normalized spacial score (nSPS) is 19.5. The lowest BCUT2D eigenvalue weighted by molar-refractivity contribution is -0.127. The number of aliphatic imine (C=N–C) groups is 1. The van der Waals surface area contributed by atoms with Crippen LogP contribution in [0, 0.1) is 5.92 Å². The van der Waals surface area contributed by atoms with Crippen LogP contribution in [0.15, 0.2) is 29.4 Å². The molecule has 0 bridgehead atoms. The molecule has 2 aromatic rings. The summed E-state index contributed by atoms with van der Waals surface area (Å²) in [4.78, 5) is 21.5. The second-order valence-corrected chi connectivity index (χ2v) is 8.34. The summed E-state index contributed by atoms with van der Waals surface area (Å²) in [5.74, 6) is 2.20. The molecule has 0 spiro atoms. The van der Waals surface area contributed by atoms with E-state index in [0.29, 0.717) is 18.5 Å².